The lowest BCUT2D eigenvalue weighted by atomic mass is 9.93. The van der Waals surface area contributed by atoms with Crippen LogP contribution in [0.5, 0.6) is 0 Å². The third kappa shape index (κ3) is 4.11. The fraction of sp³-hybridized carbons (Fsp3) is 0.522. The maximum atomic E-state index is 13.5. The molecule has 0 aromatic carbocycles. The summed E-state index contributed by atoms with van der Waals surface area (Å²) in [6, 6.07) is 3.82. The monoisotopic (exact) mass is 438 g/mol. The van der Waals surface area contributed by atoms with Gasteiger partial charge < -0.3 is 20.1 Å². The molecule has 0 radical (unpaired) electrons. The van der Waals surface area contributed by atoms with Crippen LogP contribution in [0.2, 0.25) is 0 Å². The third-order valence-electron chi connectivity index (χ3n) is 6.38. The van der Waals surface area contributed by atoms with Crippen LogP contribution in [-0.4, -0.2) is 55.3 Å². The fourth-order valence-corrected chi connectivity index (χ4v) is 4.61. The van der Waals surface area contributed by atoms with Crippen molar-refractivity contribution < 1.29 is 14.4 Å². The molecule has 9 nitrogen and oxygen atoms in total. The van der Waals surface area contributed by atoms with E-state index < -0.39 is 11.4 Å². The number of fused-ring (bicyclic) bond motifs is 1. The molecule has 1 fully saturated rings. The van der Waals surface area contributed by atoms with E-state index >= 15 is 0 Å². The number of hydrogen-bond donors (Lipinski definition) is 2. The van der Waals surface area contributed by atoms with E-state index in [-0.39, 0.29) is 42.3 Å². The summed E-state index contributed by atoms with van der Waals surface area (Å²) in [4.78, 5) is 49.5. The molecule has 1 atom stereocenters. The van der Waals surface area contributed by atoms with E-state index in [9.17, 15) is 14.4 Å². The minimum atomic E-state index is -1.03. The molecule has 32 heavy (non-hydrogen) atoms. The van der Waals surface area contributed by atoms with Gasteiger partial charge in [-0.1, -0.05) is 25.8 Å². The first-order valence-electron chi connectivity index (χ1n) is 11.3. The Kier molecular flexibility index (Phi) is 6.25. The molecule has 2 aromatic heterocycles. The summed E-state index contributed by atoms with van der Waals surface area (Å²) in [5, 5.41) is 5.95. The Morgan fingerprint density at radius 2 is 2.06 bits per heavy atom. The summed E-state index contributed by atoms with van der Waals surface area (Å²) in [6.07, 6.45) is 9.70. The lowest BCUT2D eigenvalue weighted by molar-refractivity contribution is -0.133. The molecule has 2 aromatic rings. The number of imidazole rings is 1. The summed E-state index contributed by atoms with van der Waals surface area (Å²) < 4.78 is 1.64. The number of nitrogens with one attached hydrogen (secondary N) is 2. The number of pyridine rings is 1. The number of aromatic nitrogens is 3. The largest absolute Gasteiger partial charge is 0.351 e. The van der Waals surface area contributed by atoms with Gasteiger partial charge in [0.2, 0.25) is 5.91 Å². The highest BCUT2D eigenvalue weighted by molar-refractivity contribution is 6.07. The number of carbonyl (C=O) groups excluding carboxylic acids is 3. The van der Waals surface area contributed by atoms with Crippen LogP contribution in [0.4, 0.5) is 0 Å². The highest BCUT2D eigenvalue weighted by Crippen LogP contribution is 2.30. The number of carbonyl (C=O) groups is 3. The molecular formula is C23H30N6O3. The minimum absolute atomic E-state index is 0.0817. The van der Waals surface area contributed by atoms with Crippen molar-refractivity contribution in [2.45, 2.75) is 70.6 Å². The molecule has 2 N–H and O–H groups in total. The summed E-state index contributed by atoms with van der Waals surface area (Å²) in [5.41, 5.74) is 0.128. The Labute approximate surface area is 187 Å². The van der Waals surface area contributed by atoms with Crippen molar-refractivity contribution in [1.82, 2.24) is 30.1 Å². The van der Waals surface area contributed by atoms with Gasteiger partial charge in [0.15, 0.2) is 5.69 Å². The Hall–Kier alpha value is -3.23. The Morgan fingerprint density at radius 3 is 2.75 bits per heavy atom. The zero-order valence-electron chi connectivity index (χ0n) is 18.6. The summed E-state index contributed by atoms with van der Waals surface area (Å²) in [7, 11) is 0. The van der Waals surface area contributed by atoms with Gasteiger partial charge in [-0.2, -0.15) is 0 Å². The first-order chi connectivity index (χ1) is 15.4. The lowest BCUT2D eigenvalue weighted by Crippen LogP contribution is -2.65. The quantitative estimate of drug-likeness (QED) is 0.686. The number of amides is 3. The molecule has 4 rings (SSSR count). The average molecular weight is 439 g/mol. The molecule has 3 amide bonds. The van der Waals surface area contributed by atoms with Crippen LogP contribution in [-0.2, 0) is 17.9 Å². The topological polar surface area (TPSA) is 109 Å². The van der Waals surface area contributed by atoms with Gasteiger partial charge >= 0.3 is 0 Å². The van der Waals surface area contributed by atoms with Gasteiger partial charge in [-0.15, -0.1) is 0 Å². The Bertz CT molecular complexity index is 998. The van der Waals surface area contributed by atoms with Gasteiger partial charge in [-0.05, 0) is 37.8 Å². The highest BCUT2D eigenvalue weighted by atomic mass is 16.2. The van der Waals surface area contributed by atoms with Crippen LogP contribution in [0.15, 0.2) is 30.9 Å². The van der Waals surface area contributed by atoms with Gasteiger partial charge in [0.1, 0.15) is 11.2 Å². The molecule has 1 saturated carbocycles. The van der Waals surface area contributed by atoms with Crippen molar-refractivity contribution >= 4 is 17.7 Å². The fourth-order valence-electron chi connectivity index (χ4n) is 4.61. The summed E-state index contributed by atoms with van der Waals surface area (Å²) in [6.45, 7) is 4.74. The normalized spacial score (nSPS) is 20.8. The standard InChI is InChI=1S/C23H30N6O3/c1-3-11-29-21(31)19-18(20(30)25-13-16-7-6-10-24-12-16)26-15-28(19)14-23(29,2)22(32)27-17-8-4-5-9-17/h6-7,10,12,15,17H,3-5,8-9,11,13-14H2,1-2H3,(H,25,30)(H,27,32)/t23-/m0/s1. The van der Waals surface area contributed by atoms with Crippen molar-refractivity contribution in [1.29, 1.82) is 0 Å². The first-order valence-corrected chi connectivity index (χ1v) is 11.3. The molecule has 170 valence electrons. The number of rotatable bonds is 7. The van der Waals surface area contributed by atoms with Crippen LogP contribution in [0, 0.1) is 0 Å². The van der Waals surface area contributed by atoms with Gasteiger partial charge in [-0.3, -0.25) is 19.4 Å². The predicted octanol–water partition coefficient (Wildman–Crippen LogP) is 1.89. The van der Waals surface area contributed by atoms with E-state index in [0.29, 0.717) is 13.0 Å². The van der Waals surface area contributed by atoms with Gasteiger partial charge in [-0.25, -0.2) is 4.98 Å². The maximum absolute atomic E-state index is 13.5. The number of nitrogens with zero attached hydrogens (tertiary/aromatic N) is 4. The molecule has 0 saturated heterocycles. The third-order valence-corrected chi connectivity index (χ3v) is 6.38. The Balaban J connectivity index is 1.57. The van der Waals surface area contributed by atoms with Crippen LogP contribution < -0.4 is 10.6 Å². The van der Waals surface area contributed by atoms with E-state index in [1.165, 1.54) is 6.33 Å². The van der Waals surface area contributed by atoms with Crippen molar-refractivity contribution in [2.75, 3.05) is 6.54 Å². The van der Waals surface area contributed by atoms with Crippen LogP contribution >= 0.6 is 0 Å². The minimum Gasteiger partial charge on any atom is -0.351 e. The first kappa shape index (κ1) is 22.0. The summed E-state index contributed by atoms with van der Waals surface area (Å²) in [5.74, 6) is -0.911. The van der Waals surface area contributed by atoms with Crippen LogP contribution in [0.1, 0.15) is 72.5 Å². The zero-order valence-corrected chi connectivity index (χ0v) is 18.6. The van der Waals surface area contributed by atoms with Gasteiger partial charge in [0, 0.05) is 31.5 Å². The van der Waals surface area contributed by atoms with Crippen molar-refractivity contribution in [3.8, 4) is 0 Å². The van der Waals surface area contributed by atoms with Gasteiger partial charge in [0.05, 0.1) is 12.9 Å². The molecule has 9 heteroatoms. The average Bonchev–Trinajstić information content (AvgIpc) is 3.45. The van der Waals surface area contributed by atoms with E-state index in [1.807, 2.05) is 13.0 Å². The van der Waals surface area contributed by atoms with Crippen molar-refractivity contribution in [3.05, 3.63) is 47.8 Å². The van der Waals surface area contributed by atoms with Crippen molar-refractivity contribution in [3.63, 3.8) is 0 Å². The Morgan fingerprint density at radius 1 is 1.28 bits per heavy atom. The molecule has 0 spiro atoms. The second-order valence-electron chi connectivity index (χ2n) is 8.80. The van der Waals surface area contributed by atoms with E-state index in [0.717, 1.165) is 31.2 Å². The van der Waals surface area contributed by atoms with Crippen LogP contribution in [0.3, 0.4) is 0 Å². The summed E-state index contributed by atoms with van der Waals surface area (Å²) >= 11 is 0. The van der Waals surface area contributed by atoms with E-state index in [2.05, 4.69) is 20.6 Å². The van der Waals surface area contributed by atoms with E-state index in [4.69, 9.17) is 0 Å². The second-order valence-corrected chi connectivity index (χ2v) is 8.80. The molecular weight excluding hydrogens is 408 g/mol. The number of hydrogen-bond acceptors (Lipinski definition) is 5. The molecule has 0 unspecified atom stereocenters. The molecule has 0 bridgehead atoms. The maximum Gasteiger partial charge on any atom is 0.273 e. The molecule has 1 aliphatic carbocycles. The smallest absolute Gasteiger partial charge is 0.273 e. The lowest BCUT2D eigenvalue weighted by Gasteiger charge is -2.44. The SMILES string of the molecule is CCCN1C(=O)c2c(C(=O)NCc3cccnc3)ncn2C[C@@]1(C)C(=O)NC1CCCC1. The van der Waals surface area contributed by atoms with E-state index in [1.54, 1.807) is 34.9 Å². The highest BCUT2D eigenvalue weighted by Gasteiger charge is 2.48. The molecule has 1 aliphatic heterocycles. The molecule has 2 aliphatic rings. The predicted molar refractivity (Wildman–Crippen MR) is 118 cm³/mol. The second kappa shape index (κ2) is 9.10. The molecule has 3 heterocycles. The van der Waals surface area contributed by atoms with Crippen LogP contribution in [0.25, 0.3) is 0 Å². The zero-order chi connectivity index (χ0) is 22.7. The van der Waals surface area contributed by atoms with Gasteiger partial charge in [0.25, 0.3) is 11.8 Å². The van der Waals surface area contributed by atoms with Crippen molar-refractivity contribution in [2.24, 2.45) is 0 Å².